The van der Waals surface area contributed by atoms with Gasteiger partial charge in [-0.25, -0.2) is 4.79 Å². The van der Waals surface area contributed by atoms with Crippen LogP contribution in [0.15, 0.2) is 11.1 Å². The van der Waals surface area contributed by atoms with Crippen LogP contribution in [0, 0.1) is 0 Å². The van der Waals surface area contributed by atoms with E-state index >= 15 is 0 Å². The van der Waals surface area contributed by atoms with Crippen LogP contribution in [-0.2, 0) is 9.53 Å². The maximum Gasteiger partial charge on any atom is 0.336 e. The van der Waals surface area contributed by atoms with E-state index in [1.165, 1.54) is 27.7 Å². The highest BCUT2D eigenvalue weighted by Gasteiger charge is 2.20. The minimum absolute atomic E-state index is 0.112. The Morgan fingerprint density at radius 3 is 1.73 bits per heavy atom. The lowest BCUT2D eigenvalue weighted by molar-refractivity contribution is -0.160. The Kier molecular flexibility index (Phi) is 5.49. The molecule has 15 heavy (non-hydrogen) atoms. The normalized spacial score (nSPS) is 16.5. The number of rotatable bonds is 4. The molecule has 0 saturated heterocycles. The van der Waals surface area contributed by atoms with E-state index in [0.29, 0.717) is 0 Å². The molecule has 0 aromatic carbocycles. The number of hydrogen-bond acceptors (Lipinski definition) is 5. The van der Waals surface area contributed by atoms with Crippen LogP contribution >= 0.6 is 0 Å². The van der Waals surface area contributed by atoms with E-state index in [1.807, 2.05) is 0 Å². The Morgan fingerprint density at radius 1 is 1.07 bits per heavy atom. The summed E-state index contributed by atoms with van der Waals surface area (Å²) >= 11 is 0. The van der Waals surface area contributed by atoms with Crippen LogP contribution in [0.3, 0.4) is 0 Å². The van der Waals surface area contributed by atoms with Gasteiger partial charge in [-0.05, 0) is 33.3 Å². The SMILES string of the molecule is CC(C(=O)OC(C)O)=C(C(C)O)C(C)O. The van der Waals surface area contributed by atoms with Crippen molar-refractivity contribution in [2.45, 2.75) is 46.2 Å². The third-order valence-electron chi connectivity index (χ3n) is 1.92. The van der Waals surface area contributed by atoms with Crippen molar-refractivity contribution in [2.24, 2.45) is 0 Å². The Bertz CT molecular complexity index is 243. The van der Waals surface area contributed by atoms with Crippen molar-refractivity contribution in [3.63, 3.8) is 0 Å². The summed E-state index contributed by atoms with van der Waals surface area (Å²) in [5.41, 5.74) is 0.307. The maximum absolute atomic E-state index is 11.3. The van der Waals surface area contributed by atoms with Crippen molar-refractivity contribution in [3.05, 3.63) is 11.1 Å². The Hall–Kier alpha value is -0.910. The molecule has 0 aliphatic heterocycles. The van der Waals surface area contributed by atoms with E-state index in [0.717, 1.165) is 0 Å². The van der Waals surface area contributed by atoms with Gasteiger partial charge >= 0.3 is 5.97 Å². The van der Waals surface area contributed by atoms with E-state index in [-0.39, 0.29) is 11.1 Å². The molecule has 3 atom stereocenters. The molecule has 0 aliphatic rings. The first kappa shape index (κ1) is 14.1. The molecule has 0 bridgehead atoms. The number of ether oxygens (including phenoxy) is 1. The van der Waals surface area contributed by atoms with E-state index < -0.39 is 24.5 Å². The molecule has 0 aromatic heterocycles. The van der Waals surface area contributed by atoms with E-state index in [9.17, 15) is 15.0 Å². The van der Waals surface area contributed by atoms with Crippen molar-refractivity contribution in [1.82, 2.24) is 0 Å². The van der Waals surface area contributed by atoms with Gasteiger partial charge in [0.05, 0.1) is 12.2 Å². The predicted molar refractivity (Wildman–Crippen MR) is 53.8 cm³/mol. The molecule has 0 radical (unpaired) electrons. The summed E-state index contributed by atoms with van der Waals surface area (Å²) in [5.74, 6) is -0.748. The highest BCUT2D eigenvalue weighted by Crippen LogP contribution is 2.15. The van der Waals surface area contributed by atoms with Gasteiger partial charge in [0.1, 0.15) is 0 Å². The van der Waals surface area contributed by atoms with Crippen LogP contribution in [-0.4, -0.2) is 39.8 Å². The summed E-state index contributed by atoms with van der Waals surface area (Å²) in [6.07, 6.45) is -3.09. The second-order valence-corrected chi connectivity index (χ2v) is 3.44. The van der Waals surface area contributed by atoms with Gasteiger partial charge in [-0.15, -0.1) is 0 Å². The smallest absolute Gasteiger partial charge is 0.336 e. The van der Waals surface area contributed by atoms with Gasteiger partial charge in [0.2, 0.25) is 0 Å². The molecule has 3 N–H and O–H groups in total. The lowest BCUT2D eigenvalue weighted by Gasteiger charge is -2.17. The first-order valence-electron chi connectivity index (χ1n) is 4.73. The minimum atomic E-state index is -1.21. The molecule has 0 fully saturated rings. The third kappa shape index (κ3) is 4.42. The number of esters is 1. The highest BCUT2D eigenvalue weighted by molar-refractivity contribution is 5.89. The van der Waals surface area contributed by atoms with Crippen LogP contribution in [0.5, 0.6) is 0 Å². The molecule has 0 aromatic rings. The summed E-state index contributed by atoms with van der Waals surface area (Å²) < 4.78 is 4.53. The molecule has 0 amide bonds. The molecule has 0 saturated carbocycles. The largest absolute Gasteiger partial charge is 0.433 e. The van der Waals surface area contributed by atoms with E-state index in [1.54, 1.807) is 0 Å². The van der Waals surface area contributed by atoms with Crippen LogP contribution in [0.25, 0.3) is 0 Å². The fourth-order valence-electron chi connectivity index (χ4n) is 1.34. The lowest BCUT2D eigenvalue weighted by Crippen LogP contribution is -2.23. The van der Waals surface area contributed by atoms with E-state index in [4.69, 9.17) is 5.11 Å². The van der Waals surface area contributed by atoms with Crippen LogP contribution < -0.4 is 0 Å². The molecule has 0 aliphatic carbocycles. The van der Waals surface area contributed by atoms with E-state index in [2.05, 4.69) is 4.74 Å². The van der Waals surface area contributed by atoms with Crippen LogP contribution in [0.4, 0.5) is 0 Å². The number of aliphatic hydroxyl groups excluding tert-OH is 3. The monoisotopic (exact) mass is 218 g/mol. The van der Waals surface area contributed by atoms with Crippen molar-refractivity contribution in [2.75, 3.05) is 0 Å². The zero-order chi connectivity index (χ0) is 12.2. The maximum atomic E-state index is 11.3. The van der Waals surface area contributed by atoms with Gasteiger partial charge in [0.15, 0.2) is 6.29 Å². The second kappa shape index (κ2) is 5.85. The predicted octanol–water partition coefficient (Wildman–Crippen LogP) is -0.0540. The van der Waals surface area contributed by atoms with Gasteiger partial charge in [0.25, 0.3) is 0 Å². The average Bonchev–Trinajstić information content (AvgIpc) is 2.00. The average molecular weight is 218 g/mol. The molecule has 5 heteroatoms. The standard InChI is InChI=1S/C10H18O5/c1-5(10(14)15-8(4)13)9(6(2)11)7(3)12/h6-8,11-13H,1-4H3. The number of hydrogen-bond donors (Lipinski definition) is 3. The summed E-state index contributed by atoms with van der Waals surface area (Å²) in [5, 5.41) is 27.5. The van der Waals surface area contributed by atoms with Crippen molar-refractivity contribution < 1.29 is 24.9 Å². The second-order valence-electron chi connectivity index (χ2n) is 3.44. The zero-order valence-corrected chi connectivity index (χ0v) is 9.39. The minimum Gasteiger partial charge on any atom is -0.433 e. The molecule has 0 rings (SSSR count). The van der Waals surface area contributed by atoms with Crippen LogP contribution in [0.2, 0.25) is 0 Å². The first-order chi connectivity index (χ1) is 6.77. The van der Waals surface area contributed by atoms with Crippen molar-refractivity contribution in [3.8, 4) is 0 Å². The molecular formula is C10H18O5. The quantitative estimate of drug-likeness (QED) is 0.350. The summed E-state index contributed by atoms with van der Waals surface area (Å²) in [6.45, 7) is 5.62. The molecule has 88 valence electrons. The summed E-state index contributed by atoms with van der Waals surface area (Å²) in [7, 11) is 0. The van der Waals surface area contributed by atoms with Gasteiger partial charge in [-0.3, -0.25) is 0 Å². The Balaban J connectivity index is 4.93. The molecule has 3 unspecified atom stereocenters. The molecular weight excluding hydrogens is 200 g/mol. The third-order valence-corrected chi connectivity index (χ3v) is 1.92. The number of carbonyl (C=O) groups excluding carboxylic acids is 1. The summed E-state index contributed by atoms with van der Waals surface area (Å²) in [4.78, 5) is 11.3. The topological polar surface area (TPSA) is 87.0 Å². The fraction of sp³-hybridized carbons (Fsp3) is 0.700. The van der Waals surface area contributed by atoms with Gasteiger partial charge in [-0.1, -0.05) is 0 Å². The van der Waals surface area contributed by atoms with Crippen LogP contribution in [0.1, 0.15) is 27.7 Å². The highest BCUT2D eigenvalue weighted by atomic mass is 16.6. The van der Waals surface area contributed by atoms with Gasteiger partial charge in [-0.2, -0.15) is 0 Å². The number of carbonyl (C=O) groups is 1. The van der Waals surface area contributed by atoms with Crippen molar-refractivity contribution in [1.29, 1.82) is 0 Å². The molecule has 5 nitrogen and oxygen atoms in total. The Morgan fingerprint density at radius 2 is 1.47 bits per heavy atom. The fourth-order valence-corrected chi connectivity index (χ4v) is 1.34. The zero-order valence-electron chi connectivity index (χ0n) is 9.39. The lowest BCUT2D eigenvalue weighted by atomic mass is 10.00. The van der Waals surface area contributed by atoms with Crippen molar-refractivity contribution >= 4 is 5.97 Å². The van der Waals surface area contributed by atoms with Gasteiger partial charge in [0, 0.05) is 5.57 Å². The molecule has 0 heterocycles. The Labute approximate surface area is 89.0 Å². The van der Waals surface area contributed by atoms with Gasteiger partial charge < -0.3 is 20.1 Å². The summed E-state index contributed by atoms with van der Waals surface area (Å²) in [6, 6.07) is 0. The molecule has 0 spiro atoms. The first-order valence-corrected chi connectivity index (χ1v) is 4.73. The number of aliphatic hydroxyl groups is 3.